The molecule has 0 spiro atoms. The van der Waals surface area contributed by atoms with Crippen molar-refractivity contribution in [3.05, 3.63) is 25.7 Å². The monoisotopic (exact) mass is 188 g/mol. The summed E-state index contributed by atoms with van der Waals surface area (Å²) in [7, 11) is 0. The topological polar surface area (TPSA) is 58.9 Å². The van der Waals surface area contributed by atoms with Crippen molar-refractivity contribution in [3.8, 4) is 0 Å². The molecule has 2 N–H and O–H groups in total. The van der Waals surface area contributed by atoms with Gasteiger partial charge < -0.3 is 19.7 Å². The molecular weight excluding hydrogens is 172 g/mol. The maximum absolute atomic E-state index is 8.71. The SMILES string of the molecule is C=COC=C.OC1(O)CCCCO1. The van der Waals surface area contributed by atoms with E-state index in [0.29, 0.717) is 13.0 Å². The second-order valence-electron chi connectivity index (χ2n) is 2.52. The lowest BCUT2D eigenvalue weighted by atomic mass is 10.2. The number of aliphatic hydroxyl groups is 2. The minimum atomic E-state index is -1.82. The number of rotatable bonds is 2. The fourth-order valence-electron chi connectivity index (χ4n) is 0.833. The predicted octanol–water partition coefficient (Wildman–Crippen LogP) is 1.12. The van der Waals surface area contributed by atoms with Gasteiger partial charge in [0, 0.05) is 6.42 Å². The zero-order valence-corrected chi connectivity index (χ0v) is 7.61. The van der Waals surface area contributed by atoms with E-state index in [1.807, 2.05) is 0 Å². The third-order valence-electron chi connectivity index (χ3n) is 1.42. The quantitative estimate of drug-likeness (QED) is 0.503. The molecule has 1 saturated heterocycles. The normalized spacial score (nSPS) is 19.2. The van der Waals surface area contributed by atoms with Gasteiger partial charge in [-0.3, -0.25) is 0 Å². The van der Waals surface area contributed by atoms with E-state index in [1.165, 1.54) is 12.5 Å². The first-order valence-electron chi connectivity index (χ1n) is 4.08. The smallest absolute Gasteiger partial charge is 0.277 e. The summed E-state index contributed by atoms with van der Waals surface area (Å²) in [5, 5.41) is 17.4. The molecule has 0 bridgehead atoms. The summed E-state index contributed by atoms with van der Waals surface area (Å²) < 4.78 is 8.94. The third-order valence-corrected chi connectivity index (χ3v) is 1.42. The molecule has 0 saturated carbocycles. The molecule has 0 aromatic heterocycles. The van der Waals surface area contributed by atoms with E-state index in [1.54, 1.807) is 0 Å². The van der Waals surface area contributed by atoms with Crippen molar-refractivity contribution in [2.75, 3.05) is 6.61 Å². The summed E-state index contributed by atoms with van der Waals surface area (Å²) >= 11 is 0. The Morgan fingerprint density at radius 2 is 1.85 bits per heavy atom. The minimum absolute atomic E-state index is 0.340. The highest BCUT2D eigenvalue weighted by Gasteiger charge is 2.26. The van der Waals surface area contributed by atoms with E-state index in [4.69, 9.17) is 10.2 Å². The Hall–Kier alpha value is -0.840. The van der Waals surface area contributed by atoms with E-state index < -0.39 is 5.97 Å². The van der Waals surface area contributed by atoms with Crippen LogP contribution < -0.4 is 0 Å². The first kappa shape index (κ1) is 12.2. The van der Waals surface area contributed by atoms with Crippen LogP contribution in [0.1, 0.15) is 19.3 Å². The fourth-order valence-corrected chi connectivity index (χ4v) is 0.833. The Balaban J connectivity index is 0.000000252. The van der Waals surface area contributed by atoms with Crippen LogP contribution in [0, 0.1) is 0 Å². The van der Waals surface area contributed by atoms with Gasteiger partial charge in [0.2, 0.25) is 0 Å². The second kappa shape index (κ2) is 6.65. The van der Waals surface area contributed by atoms with Crippen molar-refractivity contribution in [2.45, 2.75) is 25.2 Å². The molecule has 1 heterocycles. The van der Waals surface area contributed by atoms with Gasteiger partial charge in [0.05, 0.1) is 19.1 Å². The van der Waals surface area contributed by atoms with Crippen molar-refractivity contribution in [3.63, 3.8) is 0 Å². The van der Waals surface area contributed by atoms with Crippen molar-refractivity contribution in [1.82, 2.24) is 0 Å². The van der Waals surface area contributed by atoms with Gasteiger partial charge in [-0.25, -0.2) is 0 Å². The maximum Gasteiger partial charge on any atom is 0.277 e. The summed E-state index contributed by atoms with van der Waals surface area (Å²) in [6.07, 6.45) is 4.74. The molecular formula is C9H16O4. The van der Waals surface area contributed by atoms with Crippen LogP contribution in [0.5, 0.6) is 0 Å². The van der Waals surface area contributed by atoms with Crippen LogP contribution >= 0.6 is 0 Å². The third kappa shape index (κ3) is 7.52. The average Bonchev–Trinajstić information content (AvgIpc) is 2.06. The van der Waals surface area contributed by atoms with Crippen molar-refractivity contribution in [1.29, 1.82) is 0 Å². The van der Waals surface area contributed by atoms with Gasteiger partial charge >= 0.3 is 0 Å². The molecule has 76 valence electrons. The second-order valence-corrected chi connectivity index (χ2v) is 2.52. The molecule has 13 heavy (non-hydrogen) atoms. The van der Waals surface area contributed by atoms with Crippen molar-refractivity contribution in [2.24, 2.45) is 0 Å². The molecule has 1 aliphatic rings. The summed E-state index contributed by atoms with van der Waals surface area (Å²) in [6.45, 7) is 6.98. The maximum atomic E-state index is 8.71. The molecule has 0 radical (unpaired) electrons. The van der Waals surface area contributed by atoms with Gasteiger partial charge in [0.15, 0.2) is 0 Å². The largest absolute Gasteiger partial charge is 0.474 e. The molecule has 1 rings (SSSR count). The molecule has 1 aliphatic heterocycles. The molecule has 0 amide bonds. The van der Waals surface area contributed by atoms with Crippen LogP contribution in [-0.4, -0.2) is 22.8 Å². The lowest BCUT2D eigenvalue weighted by Crippen LogP contribution is -2.35. The Bertz CT molecular complexity index is 140. The van der Waals surface area contributed by atoms with Crippen LogP contribution in [0.25, 0.3) is 0 Å². The Morgan fingerprint density at radius 3 is 2.00 bits per heavy atom. The molecule has 4 nitrogen and oxygen atoms in total. The molecule has 0 atom stereocenters. The molecule has 1 fully saturated rings. The van der Waals surface area contributed by atoms with E-state index in [2.05, 4.69) is 22.6 Å². The Labute approximate surface area is 78.1 Å². The van der Waals surface area contributed by atoms with Gasteiger partial charge in [-0.2, -0.15) is 0 Å². The van der Waals surface area contributed by atoms with E-state index in [9.17, 15) is 0 Å². The average molecular weight is 188 g/mol. The number of hydrogen-bond acceptors (Lipinski definition) is 4. The highest BCUT2D eigenvalue weighted by atomic mass is 16.8. The Kier molecular flexibility index (Phi) is 6.22. The molecule has 0 aromatic carbocycles. The summed E-state index contributed by atoms with van der Waals surface area (Å²) in [5.41, 5.74) is 0. The van der Waals surface area contributed by atoms with Crippen molar-refractivity contribution < 1.29 is 19.7 Å². The van der Waals surface area contributed by atoms with E-state index >= 15 is 0 Å². The molecule has 4 heteroatoms. The van der Waals surface area contributed by atoms with Gasteiger partial charge in [-0.15, -0.1) is 0 Å². The highest BCUT2D eigenvalue weighted by molar-refractivity contribution is 4.57. The fraction of sp³-hybridized carbons (Fsp3) is 0.556. The van der Waals surface area contributed by atoms with E-state index in [0.717, 1.165) is 12.8 Å². The van der Waals surface area contributed by atoms with Gasteiger partial charge in [-0.1, -0.05) is 13.2 Å². The number of hydrogen-bond donors (Lipinski definition) is 2. The summed E-state index contributed by atoms with van der Waals surface area (Å²) in [5.74, 6) is -1.82. The zero-order chi connectivity index (χ0) is 10.2. The summed E-state index contributed by atoms with van der Waals surface area (Å²) in [6, 6.07) is 0. The van der Waals surface area contributed by atoms with Gasteiger partial charge in [-0.05, 0) is 12.8 Å². The van der Waals surface area contributed by atoms with Crippen LogP contribution in [0.2, 0.25) is 0 Å². The number of ether oxygens (including phenoxy) is 2. The van der Waals surface area contributed by atoms with Crippen LogP contribution in [0.3, 0.4) is 0 Å². The van der Waals surface area contributed by atoms with Crippen LogP contribution in [0.15, 0.2) is 25.7 Å². The lowest BCUT2D eigenvalue weighted by Gasteiger charge is -2.25. The molecule has 0 aliphatic carbocycles. The van der Waals surface area contributed by atoms with Gasteiger partial charge in [0.1, 0.15) is 0 Å². The summed E-state index contributed by atoms with van der Waals surface area (Å²) in [4.78, 5) is 0. The molecule has 0 unspecified atom stereocenters. The Morgan fingerprint density at radius 1 is 1.23 bits per heavy atom. The highest BCUT2D eigenvalue weighted by Crippen LogP contribution is 2.17. The predicted molar refractivity (Wildman–Crippen MR) is 48.5 cm³/mol. The van der Waals surface area contributed by atoms with E-state index in [-0.39, 0.29) is 0 Å². The first-order chi connectivity index (χ1) is 6.12. The van der Waals surface area contributed by atoms with Crippen LogP contribution in [0.4, 0.5) is 0 Å². The lowest BCUT2D eigenvalue weighted by molar-refractivity contribution is -0.351. The van der Waals surface area contributed by atoms with Gasteiger partial charge in [0.25, 0.3) is 5.97 Å². The first-order valence-corrected chi connectivity index (χ1v) is 4.08. The minimum Gasteiger partial charge on any atom is -0.474 e. The van der Waals surface area contributed by atoms with Crippen LogP contribution in [-0.2, 0) is 9.47 Å². The standard InChI is InChI=1S/C5H10O3.C4H6O/c6-5(7)3-1-2-4-8-5;1-3-5-4-2/h6-7H,1-4H2;3-4H,1-2H2. The zero-order valence-electron chi connectivity index (χ0n) is 7.61. The van der Waals surface area contributed by atoms with Crippen molar-refractivity contribution >= 4 is 0 Å². The molecule has 0 aromatic rings.